The van der Waals surface area contributed by atoms with Crippen LogP contribution in [-0.4, -0.2) is 16.0 Å². The molecule has 0 saturated heterocycles. The molecule has 1 aromatic heterocycles. The minimum atomic E-state index is -0.499. The molecule has 0 bridgehead atoms. The molecule has 13 heavy (non-hydrogen) atoms. The molecular weight excluding hydrogens is 184 g/mol. The Hall–Kier alpha value is -0.450. The summed E-state index contributed by atoms with van der Waals surface area (Å²) in [6.45, 7) is 4.52. The first kappa shape index (κ1) is 10.6. The lowest BCUT2D eigenvalue weighted by Gasteiger charge is -2.31. The summed E-state index contributed by atoms with van der Waals surface area (Å²) < 4.78 is 3.97. The molecule has 3 N–H and O–H groups in total. The van der Waals surface area contributed by atoms with Gasteiger partial charge in [-0.3, -0.25) is 0 Å². The maximum Gasteiger partial charge on any atom is 0.0879 e. The third-order valence-electron chi connectivity index (χ3n) is 2.70. The van der Waals surface area contributed by atoms with E-state index >= 15 is 0 Å². The fraction of sp³-hybridized carbons (Fsp3) is 0.667. The number of aliphatic hydroxyl groups excluding tert-OH is 1. The van der Waals surface area contributed by atoms with E-state index in [9.17, 15) is 5.11 Å². The molecule has 0 spiro atoms. The number of aliphatic hydroxyl groups is 1. The van der Waals surface area contributed by atoms with Crippen LogP contribution in [0, 0.1) is 5.41 Å². The molecular formula is C9H16N2OS. The van der Waals surface area contributed by atoms with Crippen LogP contribution in [0.1, 0.15) is 31.9 Å². The van der Waals surface area contributed by atoms with E-state index in [4.69, 9.17) is 5.73 Å². The highest BCUT2D eigenvalue weighted by molar-refractivity contribution is 7.03. The molecule has 0 saturated carbocycles. The van der Waals surface area contributed by atoms with Gasteiger partial charge in [0.05, 0.1) is 6.10 Å². The number of rotatable bonds is 4. The number of aromatic nitrogens is 1. The Morgan fingerprint density at radius 3 is 2.85 bits per heavy atom. The molecule has 4 heteroatoms. The van der Waals surface area contributed by atoms with Crippen LogP contribution in [-0.2, 0) is 0 Å². The van der Waals surface area contributed by atoms with Crippen LogP contribution in [0.3, 0.4) is 0 Å². The largest absolute Gasteiger partial charge is 0.388 e. The van der Waals surface area contributed by atoms with Gasteiger partial charge in [-0.2, -0.15) is 0 Å². The summed E-state index contributed by atoms with van der Waals surface area (Å²) >= 11 is 1.35. The van der Waals surface area contributed by atoms with E-state index in [1.807, 2.05) is 19.2 Å². The summed E-state index contributed by atoms with van der Waals surface area (Å²) in [6.07, 6.45) is 2.07. The lowest BCUT2D eigenvalue weighted by atomic mass is 9.79. The molecule has 74 valence electrons. The summed E-state index contributed by atoms with van der Waals surface area (Å²) in [6, 6.07) is 0. The van der Waals surface area contributed by atoms with Gasteiger partial charge >= 0.3 is 0 Å². The molecule has 0 aliphatic carbocycles. The highest BCUT2D eigenvalue weighted by Crippen LogP contribution is 2.35. The molecule has 3 nitrogen and oxygen atoms in total. The van der Waals surface area contributed by atoms with Crippen molar-refractivity contribution in [2.75, 3.05) is 6.54 Å². The van der Waals surface area contributed by atoms with Crippen LogP contribution in [0.2, 0.25) is 0 Å². The van der Waals surface area contributed by atoms with Gasteiger partial charge in [0.15, 0.2) is 0 Å². The SMILES string of the molecule is CCC(C)(CN)C(O)c1cnsc1. The monoisotopic (exact) mass is 200 g/mol. The van der Waals surface area contributed by atoms with Gasteiger partial charge in [0.25, 0.3) is 0 Å². The van der Waals surface area contributed by atoms with Gasteiger partial charge in [-0.05, 0) is 18.0 Å². The van der Waals surface area contributed by atoms with Gasteiger partial charge in [-0.25, -0.2) is 4.37 Å². The van der Waals surface area contributed by atoms with Crippen LogP contribution < -0.4 is 5.73 Å². The highest BCUT2D eigenvalue weighted by Gasteiger charge is 2.31. The minimum Gasteiger partial charge on any atom is -0.388 e. The average molecular weight is 200 g/mol. The molecule has 1 heterocycles. The van der Waals surface area contributed by atoms with Crippen molar-refractivity contribution in [3.63, 3.8) is 0 Å². The fourth-order valence-corrected chi connectivity index (χ4v) is 1.75. The van der Waals surface area contributed by atoms with E-state index in [1.165, 1.54) is 11.5 Å². The van der Waals surface area contributed by atoms with E-state index in [2.05, 4.69) is 4.37 Å². The highest BCUT2D eigenvalue weighted by atomic mass is 32.1. The third kappa shape index (κ3) is 2.07. The first-order valence-electron chi connectivity index (χ1n) is 4.41. The molecule has 1 rings (SSSR count). The number of hydrogen-bond donors (Lipinski definition) is 2. The fourth-order valence-electron chi connectivity index (χ4n) is 1.20. The van der Waals surface area contributed by atoms with E-state index in [1.54, 1.807) is 6.20 Å². The van der Waals surface area contributed by atoms with Crippen LogP contribution in [0.4, 0.5) is 0 Å². The average Bonchev–Trinajstić information content (AvgIpc) is 2.68. The topological polar surface area (TPSA) is 59.1 Å². The summed E-state index contributed by atoms with van der Waals surface area (Å²) in [4.78, 5) is 0. The minimum absolute atomic E-state index is 0.233. The van der Waals surface area contributed by atoms with Crippen LogP contribution >= 0.6 is 11.5 Å². The Bertz CT molecular complexity index is 244. The maximum atomic E-state index is 10.0. The van der Waals surface area contributed by atoms with Crippen molar-refractivity contribution in [1.29, 1.82) is 0 Å². The zero-order valence-corrected chi connectivity index (χ0v) is 8.84. The summed E-state index contributed by atoms with van der Waals surface area (Å²) in [5.74, 6) is 0. The van der Waals surface area contributed by atoms with Crippen molar-refractivity contribution in [3.05, 3.63) is 17.1 Å². The standard InChI is InChI=1S/C9H16N2OS/c1-3-9(2,6-10)8(12)7-4-11-13-5-7/h4-5,8,12H,3,6,10H2,1-2H3. The molecule has 1 aromatic rings. The van der Waals surface area contributed by atoms with E-state index < -0.39 is 6.10 Å². The predicted molar refractivity (Wildman–Crippen MR) is 54.5 cm³/mol. The van der Waals surface area contributed by atoms with E-state index in [0.717, 1.165) is 12.0 Å². The van der Waals surface area contributed by atoms with Gasteiger partial charge in [-0.15, -0.1) is 0 Å². The molecule has 2 atom stereocenters. The summed E-state index contributed by atoms with van der Waals surface area (Å²) in [5.41, 5.74) is 6.29. The van der Waals surface area contributed by atoms with Crippen molar-refractivity contribution in [2.24, 2.45) is 11.1 Å². The van der Waals surface area contributed by atoms with E-state index in [0.29, 0.717) is 6.54 Å². The normalized spacial score (nSPS) is 18.2. The van der Waals surface area contributed by atoms with Crippen molar-refractivity contribution >= 4 is 11.5 Å². The van der Waals surface area contributed by atoms with Gasteiger partial charge in [-0.1, -0.05) is 13.8 Å². The first-order valence-corrected chi connectivity index (χ1v) is 5.25. The molecule has 0 amide bonds. The zero-order valence-electron chi connectivity index (χ0n) is 8.03. The van der Waals surface area contributed by atoms with Crippen molar-refractivity contribution in [2.45, 2.75) is 26.4 Å². The maximum absolute atomic E-state index is 10.0. The molecule has 0 fully saturated rings. The second-order valence-electron chi connectivity index (χ2n) is 3.57. The smallest absolute Gasteiger partial charge is 0.0879 e. The van der Waals surface area contributed by atoms with Gasteiger partial charge in [0.2, 0.25) is 0 Å². The summed E-state index contributed by atoms with van der Waals surface area (Å²) in [5, 5.41) is 11.9. The third-order valence-corrected chi connectivity index (χ3v) is 3.31. The van der Waals surface area contributed by atoms with Crippen LogP contribution in [0.25, 0.3) is 0 Å². The zero-order chi connectivity index (χ0) is 9.90. The Labute approximate surface area is 82.8 Å². The van der Waals surface area contributed by atoms with Gasteiger partial charge in [0, 0.05) is 29.1 Å². The predicted octanol–water partition coefficient (Wildman–Crippen LogP) is 1.55. The first-order chi connectivity index (χ1) is 6.14. The molecule has 0 radical (unpaired) electrons. The Balaban J connectivity index is 2.82. The quantitative estimate of drug-likeness (QED) is 0.775. The number of nitrogens with zero attached hydrogens (tertiary/aromatic N) is 1. The second-order valence-corrected chi connectivity index (χ2v) is 4.23. The number of nitrogens with two attached hydrogens (primary N) is 1. The van der Waals surface area contributed by atoms with E-state index in [-0.39, 0.29) is 5.41 Å². The van der Waals surface area contributed by atoms with Crippen LogP contribution in [0.5, 0.6) is 0 Å². The van der Waals surface area contributed by atoms with Gasteiger partial charge in [0.1, 0.15) is 0 Å². The number of hydrogen-bond acceptors (Lipinski definition) is 4. The Kier molecular flexibility index (Phi) is 3.41. The molecule has 0 aromatic carbocycles. The summed E-state index contributed by atoms with van der Waals surface area (Å²) in [7, 11) is 0. The van der Waals surface area contributed by atoms with Crippen molar-refractivity contribution in [3.8, 4) is 0 Å². The van der Waals surface area contributed by atoms with Gasteiger partial charge < -0.3 is 10.8 Å². The molecule has 2 unspecified atom stereocenters. The Morgan fingerprint density at radius 2 is 2.46 bits per heavy atom. The lowest BCUT2D eigenvalue weighted by Crippen LogP contribution is -2.33. The van der Waals surface area contributed by atoms with Crippen molar-refractivity contribution in [1.82, 2.24) is 4.37 Å². The van der Waals surface area contributed by atoms with Crippen molar-refractivity contribution < 1.29 is 5.11 Å². The molecule has 0 aliphatic heterocycles. The van der Waals surface area contributed by atoms with Crippen LogP contribution in [0.15, 0.2) is 11.6 Å². The second kappa shape index (κ2) is 4.17. The lowest BCUT2D eigenvalue weighted by molar-refractivity contribution is 0.0393. The molecule has 0 aliphatic rings. The Morgan fingerprint density at radius 1 is 1.77 bits per heavy atom.